The van der Waals surface area contributed by atoms with E-state index in [-0.39, 0.29) is 5.84 Å². The highest BCUT2D eigenvalue weighted by atomic mass is 16.4. The summed E-state index contributed by atoms with van der Waals surface area (Å²) in [5.41, 5.74) is 7.38. The maximum atomic E-state index is 8.67. The number of amidine groups is 1. The lowest BCUT2D eigenvalue weighted by atomic mass is 10.1. The van der Waals surface area contributed by atoms with Gasteiger partial charge in [0.25, 0.3) is 0 Å². The van der Waals surface area contributed by atoms with E-state index in [9.17, 15) is 0 Å². The number of aromatic nitrogens is 2. The molecule has 1 aromatic heterocycles. The van der Waals surface area contributed by atoms with Crippen molar-refractivity contribution in [2.45, 2.75) is 19.9 Å². The largest absolute Gasteiger partial charge is 0.409 e. The molecule has 0 aliphatic heterocycles. The van der Waals surface area contributed by atoms with Gasteiger partial charge >= 0.3 is 0 Å². The molecule has 0 atom stereocenters. The first kappa shape index (κ1) is 12.2. The van der Waals surface area contributed by atoms with E-state index >= 15 is 0 Å². The van der Waals surface area contributed by atoms with Gasteiger partial charge in [-0.2, -0.15) is 0 Å². The second-order valence-electron chi connectivity index (χ2n) is 4.01. The first-order chi connectivity index (χ1) is 8.74. The molecule has 0 unspecified atom stereocenters. The molecule has 94 valence electrons. The molecule has 2 aromatic rings. The molecule has 0 saturated heterocycles. The van der Waals surface area contributed by atoms with Crippen molar-refractivity contribution in [1.82, 2.24) is 9.55 Å². The Balaban J connectivity index is 2.25. The molecule has 18 heavy (non-hydrogen) atoms. The Morgan fingerprint density at radius 1 is 1.50 bits per heavy atom. The van der Waals surface area contributed by atoms with Crippen molar-refractivity contribution in [1.29, 1.82) is 0 Å². The van der Waals surface area contributed by atoms with Crippen molar-refractivity contribution < 1.29 is 5.21 Å². The number of hydrogen-bond acceptors (Lipinski definition) is 3. The Labute approximate surface area is 106 Å². The molecule has 0 radical (unpaired) electrons. The average molecular weight is 244 g/mol. The summed E-state index contributed by atoms with van der Waals surface area (Å²) in [6.07, 6.45) is 4.65. The van der Waals surface area contributed by atoms with Crippen molar-refractivity contribution in [3.63, 3.8) is 0 Å². The average Bonchev–Trinajstić information content (AvgIpc) is 2.85. The van der Waals surface area contributed by atoms with Crippen LogP contribution in [0.2, 0.25) is 0 Å². The molecular formula is C13H16N4O. The van der Waals surface area contributed by atoms with Crippen molar-refractivity contribution >= 4 is 5.84 Å². The van der Waals surface area contributed by atoms with Crippen LogP contribution in [-0.2, 0) is 13.0 Å². The van der Waals surface area contributed by atoms with Crippen molar-refractivity contribution in [3.05, 3.63) is 53.6 Å². The van der Waals surface area contributed by atoms with E-state index in [4.69, 9.17) is 10.9 Å². The molecule has 0 fully saturated rings. The fraction of sp³-hybridized carbons (Fsp3) is 0.231. The van der Waals surface area contributed by atoms with Crippen molar-refractivity contribution in [2.24, 2.45) is 10.9 Å². The summed E-state index contributed by atoms with van der Waals surface area (Å²) in [7, 11) is 0. The van der Waals surface area contributed by atoms with Gasteiger partial charge in [-0.3, -0.25) is 0 Å². The normalized spacial score (nSPS) is 11.7. The number of rotatable bonds is 4. The molecule has 0 amide bonds. The summed E-state index contributed by atoms with van der Waals surface area (Å²) >= 11 is 0. The molecular weight excluding hydrogens is 228 g/mol. The Morgan fingerprint density at radius 3 is 3.06 bits per heavy atom. The number of hydrogen-bond donors (Lipinski definition) is 2. The third kappa shape index (κ3) is 2.51. The molecule has 5 nitrogen and oxygen atoms in total. The maximum absolute atomic E-state index is 8.67. The quantitative estimate of drug-likeness (QED) is 0.371. The van der Waals surface area contributed by atoms with E-state index in [2.05, 4.69) is 21.6 Å². The third-order valence-corrected chi connectivity index (χ3v) is 2.80. The number of imidazole rings is 1. The van der Waals surface area contributed by atoms with Crippen molar-refractivity contribution in [3.8, 4) is 0 Å². The molecule has 1 heterocycles. The maximum Gasteiger partial charge on any atom is 0.170 e. The Bertz CT molecular complexity index is 560. The van der Waals surface area contributed by atoms with Crippen LogP contribution < -0.4 is 5.73 Å². The molecule has 0 aliphatic carbocycles. The highest BCUT2D eigenvalue weighted by Gasteiger charge is 2.04. The molecule has 0 spiro atoms. The van der Waals surface area contributed by atoms with Gasteiger partial charge in [0, 0.05) is 30.9 Å². The van der Waals surface area contributed by atoms with Crippen molar-refractivity contribution in [2.75, 3.05) is 0 Å². The number of oxime groups is 1. The minimum Gasteiger partial charge on any atom is -0.409 e. The van der Waals surface area contributed by atoms with E-state index in [1.165, 1.54) is 0 Å². The van der Waals surface area contributed by atoms with E-state index in [0.717, 1.165) is 24.4 Å². The SMILES string of the molecule is CCc1nccn1Cc1cccc(/C(N)=N/O)c1. The topological polar surface area (TPSA) is 76.4 Å². The minimum absolute atomic E-state index is 0.123. The molecule has 0 bridgehead atoms. The lowest BCUT2D eigenvalue weighted by molar-refractivity contribution is 0.318. The lowest BCUT2D eigenvalue weighted by Crippen LogP contribution is -2.13. The summed E-state index contributed by atoms with van der Waals surface area (Å²) < 4.78 is 2.09. The molecule has 5 heteroatoms. The smallest absolute Gasteiger partial charge is 0.170 e. The van der Waals surface area contributed by atoms with Crippen LogP contribution in [0.5, 0.6) is 0 Å². The van der Waals surface area contributed by atoms with Crippen LogP contribution in [0.3, 0.4) is 0 Å². The monoisotopic (exact) mass is 244 g/mol. The Hall–Kier alpha value is -2.30. The minimum atomic E-state index is 0.123. The summed E-state index contributed by atoms with van der Waals surface area (Å²) in [5.74, 6) is 1.17. The second kappa shape index (κ2) is 5.35. The number of benzene rings is 1. The Kier molecular flexibility index (Phi) is 3.62. The summed E-state index contributed by atoms with van der Waals surface area (Å²) in [6, 6.07) is 7.63. The van der Waals surface area contributed by atoms with Crippen LogP contribution in [-0.4, -0.2) is 20.6 Å². The zero-order chi connectivity index (χ0) is 13.0. The number of nitrogens with zero attached hydrogens (tertiary/aromatic N) is 3. The summed E-state index contributed by atoms with van der Waals surface area (Å²) in [5, 5.41) is 11.7. The first-order valence-corrected chi connectivity index (χ1v) is 5.81. The van der Waals surface area contributed by atoms with E-state index in [0.29, 0.717) is 5.56 Å². The standard InChI is InChI=1S/C13H16N4O/c1-2-12-15-6-7-17(12)9-10-4-3-5-11(8-10)13(14)16-18/h3-8,18H,2,9H2,1H3,(H2,14,16). The molecule has 1 aromatic carbocycles. The highest BCUT2D eigenvalue weighted by Crippen LogP contribution is 2.09. The number of nitrogens with two attached hydrogens (primary N) is 1. The van der Waals surface area contributed by atoms with E-state index in [1.807, 2.05) is 30.5 Å². The Morgan fingerprint density at radius 2 is 2.33 bits per heavy atom. The van der Waals surface area contributed by atoms with Gasteiger partial charge < -0.3 is 15.5 Å². The van der Waals surface area contributed by atoms with Crippen LogP contribution in [0.25, 0.3) is 0 Å². The second-order valence-corrected chi connectivity index (χ2v) is 4.01. The van der Waals surface area contributed by atoms with Crippen LogP contribution in [0.1, 0.15) is 23.9 Å². The van der Waals surface area contributed by atoms with Crippen LogP contribution >= 0.6 is 0 Å². The van der Waals surface area contributed by atoms with Gasteiger partial charge in [0.15, 0.2) is 5.84 Å². The summed E-state index contributed by atoms with van der Waals surface area (Å²) in [6.45, 7) is 2.81. The molecule has 0 aliphatic rings. The van der Waals surface area contributed by atoms with Gasteiger partial charge in [0.2, 0.25) is 0 Å². The highest BCUT2D eigenvalue weighted by molar-refractivity contribution is 5.97. The lowest BCUT2D eigenvalue weighted by Gasteiger charge is -2.08. The van der Waals surface area contributed by atoms with Gasteiger partial charge in [0.05, 0.1) is 0 Å². The van der Waals surface area contributed by atoms with Gasteiger partial charge in [-0.25, -0.2) is 4.98 Å². The van der Waals surface area contributed by atoms with Gasteiger partial charge in [-0.15, -0.1) is 0 Å². The van der Waals surface area contributed by atoms with E-state index < -0.39 is 0 Å². The van der Waals surface area contributed by atoms with Gasteiger partial charge in [0.1, 0.15) is 5.82 Å². The predicted octanol–water partition coefficient (Wildman–Crippen LogP) is 1.59. The van der Waals surface area contributed by atoms with Crippen LogP contribution in [0.4, 0.5) is 0 Å². The van der Waals surface area contributed by atoms with Gasteiger partial charge in [-0.05, 0) is 11.6 Å². The summed E-state index contributed by atoms with van der Waals surface area (Å²) in [4.78, 5) is 4.28. The van der Waals surface area contributed by atoms with E-state index in [1.54, 1.807) is 6.20 Å². The predicted molar refractivity (Wildman–Crippen MR) is 69.7 cm³/mol. The zero-order valence-electron chi connectivity index (χ0n) is 10.2. The molecule has 0 saturated carbocycles. The third-order valence-electron chi connectivity index (χ3n) is 2.80. The first-order valence-electron chi connectivity index (χ1n) is 5.81. The fourth-order valence-electron chi connectivity index (χ4n) is 1.88. The molecule has 2 rings (SSSR count). The van der Waals surface area contributed by atoms with Crippen LogP contribution in [0, 0.1) is 0 Å². The van der Waals surface area contributed by atoms with Gasteiger partial charge in [-0.1, -0.05) is 30.3 Å². The number of aryl methyl sites for hydroxylation is 1. The zero-order valence-corrected chi connectivity index (χ0v) is 10.2. The van der Waals surface area contributed by atoms with Crippen LogP contribution in [0.15, 0.2) is 41.8 Å². The fourth-order valence-corrected chi connectivity index (χ4v) is 1.88. The molecule has 3 N–H and O–H groups in total.